The average Bonchev–Trinajstić information content (AvgIpc) is 2.88. The molecule has 2 aliphatic heterocycles. The number of nitrogens with zero attached hydrogens (tertiary/aromatic N) is 4. The van der Waals surface area contributed by atoms with Crippen LogP contribution in [0.2, 0.25) is 5.02 Å². The lowest BCUT2D eigenvalue weighted by Gasteiger charge is -2.47. The topological polar surface area (TPSA) is 63.3 Å². The molecule has 3 aromatic carbocycles. The van der Waals surface area contributed by atoms with Gasteiger partial charge in [-0.1, -0.05) is 45.7 Å². The fourth-order valence-electron chi connectivity index (χ4n) is 5.01. The molecule has 1 fully saturated rings. The molecule has 0 spiro atoms. The van der Waals surface area contributed by atoms with Gasteiger partial charge in [-0.25, -0.2) is 0 Å². The molecule has 0 bridgehead atoms. The van der Waals surface area contributed by atoms with Gasteiger partial charge in [-0.05, 0) is 48.0 Å². The molecule has 0 N–H and O–H groups in total. The lowest BCUT2D eigenvalue weighted by molar-refractivity contribution is 0.117. The summed E-state index contributed by atoms with van der Waals surface area (Å²) in [4.78, 5) is 4.85. The third kappa shape index (κ3) is 4.38. The number of hydrogen-bond acceptors (Lipinski definition) is 5. The van der Waals surface area contributed by atoms with Crippen molar-refractivity contribution >= 4 is 33.2 Å². The molecule has 0 unspecified atom stereocenters. The summed E-state index contributed by atoms with van der Waals surface area (Å²) >= 11 is 9.68. The third-order valence-corrected chi connectivity index (χ3v) is 7.39. The number of fused-ring (bicyclic) bond motifs is 1. The summed E-state index contributed by atoms with van der Waals surface area (Å²) < 4.78 is 6.79. The van der Waals surface area contributed by atoms with E-state index in [1.807, 2.05) is 48.5 Å². The molecule has 170 valence electrons. The molecule has 5 rings (SSSR count). The van der Waals surface area contributed by atoms with Crippen molar-refractivity contribution in [2.24, 2.45) is 0 Å². The van der Waals surface area contributed by atoms with Crippen molar-refractivity contribution in [1.82, 2.24) is 4.90 Å². The summed E-state index contributed by atoms with van der Waals surface area (Å²) in [6, 6.07) is 24.5. The standard InChI is InChI=1S/C27H22BrClN4O/c28-21-4-8-24(20(14-21)16-31)33-11-10-32(17-26(33)19-2-5-22(29)6-3-19)25-9-12-34-27-13-18(15-30)1-7-23(25)27/h1-8,13-14,25-26H,9-12,17H2/t25-,26+/m1/s1. The zero-order valence-corrected chi connectivity index (χ0v) is 20.8. The Kier molecular flexibility index (Phi) is 6.48. The van der Waals surface area contributed by atoms with E-state index in [1.54, 1.807) is 0 Å². The van der Waals surface area contributed by atoms with Crippen molar-refractivity contribution in [2.45, 2.75) is 18.5 Å². The lowest BCUT2D eigenvalue weighted by Crippen LogP contribution is -2.50. The molecule has 2 heterocycles. The van der Waals surface area contributed by atoms with Gasteiger partial charge in [0.05, 0.1) is 35.5 Å². The summed E-state index contributed by atoms with van der Waals surface area (Å²) in [5.74, 6) is 0.806. The van der Waals surface area contributed by atoms with Crippen molar-refractivity contribution in [3.8, 4) is 17.9 Å². The molecule has 7 heteroatoms. The van der Waals surface area contributed by atoms with Gasteiger partial charge in [0.15, 0.2) is 0 Å². The molecular formula is C27H22BrClN4O. The fraction of sp³-hybridized carbons (Fsp3) is 0.259. The summed E-state index contributed by atoms with van der Waals surface area (Å²) in [6.07, 6.45) is 0.897. The van der Waals surface area contributed by atoms with E-state index in [-0.39, 0.29) is 12.1 Å². The molecule has 5 nitrogen and oxygen atoms in total. The maximum Gasteiger partial charge on any atom is 0.125 e. The SMILES string of the molecule is N#Cc1ccc2c(c1)OCC[C@H]2N1CCN(c2ccc(Br)cc2C#N)[C@H](c2ccc(Cl)cc2)C1. The number of anilines is 1. The van der Waals surface area contributed by atoms with E-state index in [1.165, 1.54) is 0 Å². The number of rotatable bonds is 3. The second kappa shape index (κ2) is 9.68. The normalized spacial score (nSPS) is 20.1. The van der Waals surface area contributed by atoms with E-state index >= 15 is 0 Å². The van der Waals surface area contributed by atoms with Gasteiger partial charge in [-0.2, -0.15) is 10.5 Å². The second-order valence-corrected chi connectivity index (χ2v) is 9.90. The molecule has 0 saturated carbocycles. The summed E-state index contributed by atoms with van der Waals surface area (Å²) in [6.45, 7) is 3.07. The molecule has 0 aliphatic carbocycles. The van der Waals surface area contributed by atoms with Gasteiger partial charge in [0.25, 0.3) is 0 Å². The van der Waals surface area contributed by atoms with Crippen LogP contribution in [-0.4, -0.2) is 31.1 Å². The minimum absolute atomic E-state index is 0.0592. The smallest absolute Gasteiger partial charge is 0.125 e. The van der Waals surface area contributed by atoms with Gasteiger partial charge >= 0.3 is 0 Å². The van der Waals surface area contributed by atoms with Crippen LogP contribution in [0, 0.1) is 22.7 Å². The van der Waals surface area contributed by atoms with Gasteiger partial charge in [0.1, 0.15) is 11.8 Å². The monoisotopic (exact) mass is 532 g/mol. The van der Waals surface area contributed by atoms with Crippen LogP contribution in [0.25, 0.3) is 0 Å². The Labute approximate surface area is 212 Å². The van der Waals surface area contributed by atoms with Crippen molar-refractivity contribution in [2.75, 3.05) is 31.1 Å². The van der Waals surface area contributed by atoms with Crippen molar-refractivity contribution < 1.29 is 4.74 Å². The zero-order valence-electron chi connectivity index (χ0n) is 18.4. The first-order chi connectivity index (χ1) is 16.6. The van der Waals surface area contributed by atoms with Crippen molar-refractivity contribution in [1.29, 1.82) is 10.5 Å². The molecule has 3 aromatic rings. The molecule has 0 aromatic heterocycles. The van der Waals surface area contributed by atoms with Crippen LogP contribution in [0.1, 0.15) is 40.8 Å². The van der Waals surface area contributed by atoms with Gasteiger partial charge in [-0.3, -0.25) is 4.90 Å². The summed E-state index contributed by atoms with van der Waals surface area (Å²) in [5, 5.41) is 19.8. The molecule has 2 atom stereocenters. The predicted molar refractivity (Wildman–Crippen MR) is 136 cm³/mol. The van der Waals surface area contributed by atoms with E-state index in [4.69, 9.17) is 16.3 Å². The third-order valence-electron chi connectivity index (χ3n) is 6.65. The molecule has 0 radical (unpaired) electrons. The number of benzene rings is 3. The highest BCUT2D eigenvalue weighted by Crippen LogP contribution is 2.41. The Morgan fingerprint density at radius 2 is 1.76 bits per heavy atom. The molecule has 34 heavy (non-hydrogen) atoms. The van der Waals surface area contributed by atoms with Crippen LogP contribution < -0.4 is 9.64 Å². The van der Waals surface area contributed by atoms with Gasteiger partial charge < -0.3 is 9.64 Å². The minimum Gasteiger partial charge on any atom is -0.493 e. The van der Waals surface area contributed by atoms with Gasteiger partial charge in [-0.15, -0.1) is 0 Å². The highest BCUT2D eigenvalue weighted by atomic mass is 79.9. The zero-order chi connectivity index (χ0) is 23.7. The van der Waals surface area contributed by atoms with Crippen molar-refractivity contribution in [3.63, 3.8) is 0 Å². The summed E-state index contributed by atoms with van der Waals surface area (Å²) in [5.41, 5.74) is 4.50. The maximum atomic E-state index is 9.81. The van der Waals surface area contributed by atoms with Crippen LogP contribution in [0.15, 0.2) is 65.1 Å². The van der Waals surface area contributed by atoms with Gasteiger partial charge in [0, 0.05) is 47.2 Å². The second-order valence-electron chi connectivity index (χ2n) is 8.55. The number of ether oxygens (including phenoxy) is 1. The Bertz CT molecular complexity index is 1300. The molecule has 2 aliphatic rings. The minimum atomic E-state index is 0.0592. The predicted octanol–water partition coefficient (Wildman–Crippen LogP) is 6.23. The van der Waals surface area contributed by atoms with E-state index < -0.39 is 0 Å². The Morgan fingerprint density at radius 1 is 0.941 bits per heavy atom. The van der Waals surface area contributed by atoms with E-state index in [0.29, 0.717) is 22.8 Å². The van der Waals surface area contributed by atoms with Crippen LogP contribution in [0.4, 0.5) is 5.69 Å². The van der Waals surface area contributed by atoms with Crippen LogP contribution in [0.3, 0.4) is 0 Å². The lowest BCUT2D eigenvalue weighted by atomic mass is 9.94. The largest absolute Gasteiger partial charge is 0.493 e. The van der Waals surface area contributed by atoms with E-state index in [9.17, 15) is 10.5 Å². The first-order valence-corrected chi connectivity index (χ1v) is 12.4. The molecule has 0 amide bonds. The molecule has 1 saturated heterocycles. The van der Waals surface area contributed by atoms with Crippen molar-refractivity contribution in [3.05, 3.63) is 92.4 Å². The number of hydrogen-bond donors (Lipinski definition) is 0. The van der Waals surface area contributed by atoms with Crippen LogP contribution in [0.5, 0.6) is 5.75 Å². The Balaban J connectivity index is 1.51. The Hall–Kier alpha value is -3.03. The highest BCUT2D eigenvalue weighted by Gasteiger charge is 2.35. The maximum absolute atomic E-state index is 9.81. The number of halogens is 2. The first kappa shape index (κ1) is 22.7. The molecular weight excluding hydrogens is 512 g/mol. The summed E-state index contributed by atoms with van der Waals surface area (Å²) in [7, 11) is 0. The van der Waals surface area contributed by atoms with Gasteiger partial charge in [0.2, 0.25) is 0 Å². The van der Waals surface area contributed by atoms with E-state index in [2.05, 4.69) is 50.0 Å². The van der Waals surface area contributed by atoms with Crippen LogP contribution in [-0.2, 0) is 0 Å². The fourth-order valence-corrected chi connectivity index (χ4v) is 5.50. The number of nitriles is 2. The first-order valence-electron chi connectivity index (χ1n) is 11.2. The quantitative estimate of drug-likeness (QED) is 0.399. The average molecular weight is 534 g/mol. The van der Waals surface area contributed by atoms with Crippen LogP contribution >= 0.6 is 27.5 Å². The number of piperazine rings is 1. The highest BCUT2D eigenvalue weighted by molar-refractivity contribution is 9.10. The Morgan fingerprint density at radius 3 is 2.53 bits per heavy atom. The van der Waals surface area contributed by atoms with E-state index in [0.717, 1.165) is 53.1 Å².